The van der Waals surface area contributed by atoms with Crippen LogP contribution in [0.1, 0.15) is 30.5 Å². The number of anilines is 1. The zero-order valence-corrected chi connectivity index (χ0v) is 24.9. The third kappa shape index (κ3) is 8.36. The normalized spacial score (nSPS) is 11.8. The molecule has 0 saturated heterocycles. The molecule has 9 nitrogen and oxygen atoms in total. The molecular formula is C31H34Cl2N4O5. The molecule has 1 atom stereocenters. The van der Waals surface area contributed by atoms with E-state index in [1.165, 1.54) is 7.11 Å². The molecular weight excluding hydrogens is 579 g/mol. The Morgan fingerprint density at radius 1 is 0.976 bits per heavy atom. The first-order valence-corrected chi connectivity index (χ1v) is 14.8. The fourth-order valence-corrected chi connectivity index (χ4v) is 5.15. The number of hydrogen-bond donors (Lipinski definition) is 2. The van der Waals surface area contributed by atoms with E-state index in [4.69, 9.17) is 32.7 Å². The second-order valence-corrected chi connectivity index (χ2v) is 10.5. The van der Waals surface area contributed by atoms with Crippen molar-refractivity contribution in [3.63, 3.8) is 0 Å². The van der Waals surface area contributed by atoms with Gasteiger partial charge in [0.15, 0.2) is 0 Å². The van der Waals surface area contributed by atoms with Crippen LogP contribution in [0.5, 0.6) is 0 Å². The maximum atomic E-state index is 12.6. The average Bonchev–Trinajstić information content (AvgIpc) is 3.37. The second kappa shape index (κ2) is 15.4. The van der Waals surface area contributed by atoms with Crippen molar-refractivity contribution in [2.45, 2.75) is 38.3 Å². The molecule has 0 aliphatic carbocycles. The number of H-pyrrole nitrogens is 1. The zero-order valence-electron chi connectivity index (χ0n) is 23.4. The molecule has 222 valence electrons. The number of pyridine rings is 1. The lowest BCUT2D eigenvalue weighted by Crippen LogP contribution is -2.43. The van der Waals surface area contributed by atoms with Crippen molar-refractivity contribution in [2.75, 3.05) is 36.9 Å². The van der Waals surface area contributed by atoms with E-state index in [2.05, 4.69) is 20.2 Å². The summed E-state index contributed by atoms with van der Waals surface area (Å²) in [5.41, 5.74) is 4.39. The standard InChI is InChI=1S/C31H34Cl2N4O5/c1-41-31(40)27(17-21-9-11-23(12-10-21)37(15-13-32)16-14-33)36-29(38)7-4-8-30(39)42-20-22-18-25-24-5-2-3-6-26(24)35-28(25)19-34-22/h2-3,5-6,9-12,18-19,27,35H,4,7-8,13-17,20H2,1H3,(H,36,38)/t27-/m0/s1. The summed E-state index contributed by atoms with van der Waals surface area (Å²) in [6.07, 6.45) is 2.40. The molecule has 4 rings (SSSR count). The first kappa shape index (κ1) is 31.1. The van der Waals surface area contributed by atoms with Crippen LogP contribution in [0, 0.1) is 0 Å². The van der Waals surface area contributed by atoms with Crippen LogP contribution in [0.3, 0.4) is 0 Å². The Morgan fingerprint density at radius 2 is 1.71 bits per heavy atom. The van der Waals surface area contributed by atoms with E-state index < -0.39 is 18.0 Å². The van der Waals surface area contributed by atoms with E-state index in [1.807, 2.05) is 54.6 Å². The Morgan fingerprint density at radius 3 is 2.43 bits per heavy atom. The molecule has 0 spiro atoms. The number of aromatic nitrogens is 2. The summed E-state index contributed by atoms with van der Waals surface area (Å²) in [5, 5.41) is 4.82. The van der Waals surface area contributed by atoms with Gasteiger partial charge in [-0.25, -0.2) is 4.79 Å². The first-order valence-electron chi connectivity index (χ1n) is 13.8. The van der Waals surface area contributed by atoms with Gasteiger partial charge in [0.05, 0.1) is 24.5 Å². The van der Waals surface area contributed by atoms with Crippen LogP contribution >= 0.6 is 23.2 Å². The number of nitrogens with one attached hydrogen (secondary N) is 2. The van der Waals surface area contributed by atoms with Gasteiger partial charge in [-0.05, 0) is 36.2 Å². The molecule has 4 aromatic rings. The van der Waals surface area contributed by atoms with Gasteiger partial charge in [-0.1, -0.05) is 30.3 Å². The summed E-state index contributed by atoms with van der Waals surface area (Å²) in [5.74, 6) is -0.363. The van der Waals surface area contributed by atoms with E-state index in [0.717, 1.165) is 33.1 Å². The van der Waals surface area contributed by atoms with Gasteiger partial charge in [0.1, 0.15) is 12.6 Å². The van der Waals surface area contributed by atoms with Gasteiger partial charge in [0.2, 0.25) is 5.91 Å². The minimum atomic E-state index is -0.854. The van der Waals surface area contributed by atoms with Gasteiger partial charge in [-0.15, -0.1) is 23.2 Å². The third-order valence-electron chi connectivity index (χ3n) is 6.88. The Kier molecular flexibility index (Phi) is 11.4. The minimum Gasteiger partial charge on any atom is -0.467 e. The number of fused-ring (bicyclic) bond motifs is 3. The van der Waals surface area contributed by atoms with Crippen molar-refractivity contribution in [3.8, 4) is 0 Å². The van der Waals surface area contributed by atoms with Crippen molar-refractivity contribution >= 4 is 68.5 Å². The zero-order chi connectivity index (χ0) is 29.9. The Labute approximate surface area is 254 Å². The highest BCUT2D eigenvalue weighted by atomic mass is 35.5. The number of methoxy groups -OCH3 is 1. The maximum Gasteiger partial charge on any atom is 0.328 e. The van der Waals surface area contributed by atoms with Crippen LogP contribution in [0.2, 0.25) is 0 Å². The highest BCUT2D eigenvalue weighted by Crippen LogP contribution is 2.25. The van der Waals surface area contributed by atoms with E-state index >= 15 is 0 Å². The summed E-state index contributed by atoms with van der Waals surface area (Å²) >= 11 is 11.8. The number of hydrogen-bond acceptors (Lipinski definition) is 7. The predicted molar refractivity (Wildman–Crippen MR) is 165 cm³/mol. The van der Waals surface area contributed by atoms with Gasteiger partial charge in [0.25, 0.3) is 0 Å². The fourth-order valence-electron chi connectivity index (χ4n) is 4.75. The lowest BCUT2D eigenvalue weighted by molar-refractivity contribution is -0.146. The van der Waals surface area contributed by atoms with Crippen LogP contribution in [0.15, 0.2) is 60.8 Å². The lowest BCUT2D eigenvalue weighted by Gasteiger charge is -2.23. The summed E-state index contributed by atoms with van der Waals surface area (Å²) in [4.78, 5) is 47.1. The van der Waals surface area contributed by atoms with Crippen molar-refractivity contribution < 1.29 is 23.9 Å². The molecule has 2 aromatic carbocycles. The number of para-hydroxylation sites is 1. The average molecular weight is 614 g/mol. The number of alkyl halides is 2. The van der Waals surface area contributed by atoms with Crippen LogP contribution in [0.4, 0.5) is 5.69 Å². The number of amides is 1. The number of halogens is 2. The SMILES string of the molecule is COC(=O)[C@H](Cc1ccc(N(CCCl)CCCl)cc1)NC(=O)CCCC(=O)OCc1cc2c(cn1)[nH]c1ccccc12. The number of benzene rings is 2. The van der Waals surface area contributed by atoms with Crippen molar-refractivity contribution in [3.05, 3.63) is 72.1 Å². The Hall–Kier alpha value is -3.82. The molecule has 1 amide bonds. The second-order valence-electron chi connectivity index (χ2n) is 9.78. The van der Waals surface area contributed by atoms with Gasteiger partial charge >= 0.3 is 11.9 Å². The number of aromatic amines is 1. The topological polar surface area (TPSA) is 114 Å². The van der Waals surface area contributed by atoms with Gasteiger partial charge in [-0.3, -0.25) is 14.6 Å². The van der Waals surface area contributed by atoms with E-state index in [1.54, 1.807) is 6.20 Å². The smallest absolute Gasteiger partial charge is 0.328 e. The summed E-state index contributed by atoms with van der Waals surface area (Å²) in [6.45, 7) is 1.37. The molecule has 0 unspecified atom stereocenters. The molecule has 0 radical (unpaired) electrons. The van der Waals surface area contributed by atoms with Crippen molar-refractivity contribution in [2.24, 2.45) is 0 Å². The molecule has 0 aliphatic rings. The quantitative estimate of drug-likeness (QED) is 0.142. The van der Waals surface area contributed by atoms with Gasteiger partial charge in [0, 0.05) is 66.1 Å². The highest BCUT2D eigenvalue weighted by Gasteiger charge is 2.22. The number of nitrogens with zero attached hydrogens (tertiary/aromatic N) is 2. The summed E-state index contributed by atoms with van der Waals surface area (Å²) in [6, 6.07) is 16.7. The highest BCUT2D eigenvalue weighted by molar-refractivity contribution is 6.18. The number of esters is 2. The molecule has 0 bridgehead atoms. The van der Waals surface area contributed by atoms with Gasteiger partial charge in [-0.2, -0.15) is 0 Å². The largest absolute Gasteiger partial charge is 0.467 e. The molecule has 2 N–H and O–H groups in total. The third-order valence-corrected chi connectivity index (χ3v) is 7.22. The molecule has 11 heteroatoms. The van der Waals surface area contributed by atoms with Crippen LogP contribution in [-0.4, -0.2) is 65.8 Å². The Bertz CT molecular complexity index is 1500. The Balaban J connectivity index is 1.24. The monoisotopic (exact) mass is 612 g/mol. The van der Waals surface area contributed by atoms with Gasteiger partial charge < -0.3 is 24.7 Å². The van der Waals surface area contributed by atoms with Crippen molar-refractivity contribution in [1.82, 2.24) is 15.3 Å². The summed E-state index contributed by atoms with van der Waals surface area (Å²) < 4.78 is 10.3. The fraction of sp³-hybridized carbons (Fsp3) is 0.355. The van der Waals surface area contributed by atoms with Crippen molar-refractivity contribution in [1.29, 1.82) is 0 Å². The number of carbonyl (C=O) groups excluding carboxylic acids is 3. The first-order chi connectivity index (χ1) is 20.4. The molecule has 0 saturated carbocycles. The van der Waals surface area contributed by atoms with Crippen LogP contribution < -0.4 is 10.2 Å². The number of carbonyl (C=O) groups is 3. The minimum absolute atomic E-state index is 0.0409. The van der Waals surface area contributed by atoms with E-state index in [9.17, 15) is 14.4 Å². The number of ether oxygens (including phenoxy) is 2. The number of rotatable bonds is 15. The van der Waals surface area contributed by atoms with E-state index in [-0.39, 0.29) is 38.2 Å². The lowest BCUT2D eigenvalue weighted by atomic mass is 10.0. The predicted octanol–water partition coefficient (Wildman–Crippen LogP) is 5.11. The molecule has 2 aromatic heterocycles. The summed E-state index contributed by atoms with van der Waals surface area (Å²) in [7, 11) is 1.28. The molecule has 0 aliphatic heterocycles. The van der Waals surface area contributed by atoms with E-state index in [0.29, 0.717) is 30.5 Å². The van der Waals surface area contributed by atoms with Crippen LogP contribution in [0.25, 0.3) is 21.8 Å². The maximum absolute atomic E-state index is 12.6. The van der Waals surface area contributed by atoms with Crippen LogP contribution in [-0.2, 0) is 36.9 Å². The molecule has 2 heterocycles. The molecule has 0 fully saturated rings. The molecule has 42 heavy (non-hydrogen) atoms.